The molecule has 1 radical (unpaired) electrons. The first kappa shape index (κ1) is 35.8. The molecule has 8 nitrogen and oxygen atoms in total. The molecule has 0 aliphatic rings. The molecule has 0 heterocycles. The third kappa shape index (κ3) is 13.5. The smallest absolute Gasteiger partial charge is 0.302 e. The summed E-state index contributed by atoms with van der Waals surface area (Å²) in [5.41, 5.74) is 8.70. The molecule has 0 aliphatic heterocycles. The molecule has 0 unspecified atom stereocenters. The summed E-state index contributed by atoms with van der Waals surface area (Å²) in [7, 11) is -3.28. The Hall–Kier alpha value is -1.82. The van der Waals surface area contributed by atoms with Gasteiger partial charge in [0, 0.05) is 74.5 Å². The Kier molecular flexibility index (Phi) is 21.3. The molecule has 2 rings (SSSR count). The zero-order chi connectivity index (χ0) is 25.3. The molecule has 1 atom stereocenters. The van der Waals surface area contributed by atoms with Crippen molar-refractivity contribution in [2.45, 2.75) is 24.3 Å². The van der Waals surface area contributed by atoms with E-state index in [4.69, 9.17) is 29.1 Å². The maximum atomic E-state index is 12.4. The topological polar surface area (TPSA) is 136 Å². The van der Waals surface area contributed by atoms with Crippen LogP contribution in [-0.2, 0) is 19.6 Å². The normalized spacial score (nSPS) is 10.2. The van der Waals surface area contributed by atoms with Crippen molar-refractivity contribution in [3.8, 4) is 0 Å². The number of benzene rings is 2. The fraction of sp³-hybridized carbons (Fsp3) is 0.222. The number of alkyl halides is 1. The molecule has 33 heavy (non-hydrogen) atoms. The van der Waals surface area contributed by atoms with Gasteiger partial charge >= 0.3 is 5.97 Å². The Balaban J connectivity index is -0.00000119. The summed E-state index contributed by atoms with van der Waals surface area (Å²) in [4.78, 5) is 22.6. The van der Waals surface area contributed by atoms with Crippen LogP contribution < -0.4 is 10.0 Å². The summed E-state index contributed by atoms with van der Waals surface area (Å²) >= 11 is 0. The molecule has 0 aliphatic carbocycles. The van der Waals surface area contributed by atoms with Gasteiger partial charge in [0.2, 0.25) is 5.91 Å². The number of carbonyl (C=O) groups is 2. The molecule has 0 bridgehead atoms. The van der Waals surface area contributed by atoms with Crippen molar-refractivity contribution in [2.75, 3.05) is 17.2 Å². The van der Waals surface area contributed by atoms with E-state index < -0.39 is 34.4 Å². The molecule has 0 saturated carbocycles. The first-order valence-corrected chi connectivity index (χ1v) is 9.76. The average molecular weight is 713 g/mol. The van der Waals surface area contributed by atoms with Crippen molar-refractivity contribution in [3.63, 3.8) is 0 Å². The number of carbonyl (C=O) groups excluding carboxylic acids is 1. The van der Waals surface area contributed by atoms with Crippen LogP contribution in [0.3, 0.4) is 0 Å². The van der Waals surface area contributed by atoms with Crippen LogP contribution in [0, 0.1) is 51.0 Å². The molecule has 1 amide bonds. The quantitative estimate of drug-likeness (QED) is 0.351. The van der Waals surface area contributed by atoms with E-state index in [0.717, 1.165) is 0 Å². The number of carboxylic acid groups (broad SMARTS) is 1. The van der Waals surface area contributed by atoms with Crippen LogP contribution in [-0.4, -0.2) is 38.6 Å². The molecule has 0 saturated heterocycles. The van der Waals surface area contributed by atoms with E-state index >= 15 is 0 Å². The molecule has 4 N–H and O–H groups in total. The van der Waals surface area contributed by atoms with Crippen LogP contribution in [0.1, 0.15) is 12.0 Å². The van der Waals surface area contributed by atoms with E-state index in [-0.39, 0.29) is 54.6 Å². The van der Waals surface area contributed by atoms with E-state index in [9.17, 15) is 22.4 Å². The van der Waals surface area contributed by atoms with Gasteiger partial charge < -0.3 is 16.2 Å². The Morgan fingerprint density at radius 1 is 1.03 bits per heavy atom. The zero-order valence-corrected chi connectivity index (χ0v) is 22.9. The summed E-state index contributed by atoms with van der Waals surface area (Å²) < 4.78 is 68.6. The monoisotopic (exact) mass is 713 g/mol. The van der Waals surface area contributed by atoms with Crippen LogP contribution in [0.25, 0.3) is 5.73 Å². The van der Waals surface area contributed by atoms with Crippen LogP contribution >= 0.6 is 0 Å². The summed E-state index contributed by atoms with van der Waals surface area (Å²) in [6, 6.07) is 10.9. The number of anilines is 2. The molecule has 2 aromatic carbocycles. The minimum Gasteiger partial charge on any atom is -0.666 e. The van der Waals surface area contributed by atoms with Crippen LogP contribution in [0.2, 0.25) is 0 Å². The summed E-state index contributed by atoms with van der Waals surface area (Å²) in [6.45, 7) is 1.70. The van der Waals surface area contributed by atoms with E-state index in [1.807, 2.05) is 0 Å². The minimum absolute atomic E-state index is 0. The van der Waals surface area contributed by atoms with Gasteiger partial charge in [-0.05, 0) is 42.8 Å². The van der Waals surface area contributed by atoms with Gasteiger partial charge in [-0.2, -0.15) is 0 Å². The first-order valence-electron chi connectivity index (χ1n) is 8.27. The Labute approximate surface area is 223 Å². The number of carboxylic acids is 1. The van der Waals surface area contributed by atoms with Crippen LogP contribution in [0.4, 0.5) is 34.1 Å². The van der Waals surface area contributed by atoms with Gasteiger partial charge in [-0.1, -0.05) is 24.3 Å². The SMILES string of the molecule is CF.Cc1ccc(NS(=O)(=O)c2ccccc2)cc1NC(=O)[C@@H]([NH-])CC(=O)O.FF.FF.[Ac]. The summed E-state index contributed by atoms with van der Waals surface area (Å²) in [5, 5.41) is 11.1. The van der Waals surface area contributed by atoms with Gasteiger partial charge in [0.1, 0.15) is 0 Å². The Morgan fingerprint density at radius 2 is 1.55 bits per heavy atom. The number of rotatable bonds is 7. The Bertz CT molecular complexity index is 940. The number of nitrogens with one attached hydrogen (secondary N) is 3. The maximum absolute atomic E-state index is 12.4. The molecule has 0 fully saturated rings. The minimum atomic E-state index is -3.78. The fourth-order valence-corrected chi connectivity index (χ4v) is 3.19. The standard InChI is InChI=1S/C17H18N3O5S.CH3F.Ac.2F2/c1-11-7-8-12(20-26(24,25)13-5-3-2-4-6-13)9-15(11)19-17(23)14(18)10-16(21)22;1-2;;2*1-2/h2-9,14,18,20H,10H2,1H3,(H,19,23)(H,21,22);1H3;;;/q-1;;;;/t14-;;;;/m0..../s1. The number of halogens is 5. The van der Waals surface area contributed by atoms with Crippen molar-refractivity contribution in [2.24, 2.45) is 0 Å². The van der Waals surface area contributed by atoms with Crippen LogP contribution in [0.5, 0.6) is 0 Å². The predicted molar refractivity (Wildman–Crippen MR) is 109 cm³/mol. The van der Waals surface area contributed by atoms with Crippen LogP contribution in [0.15, 0.2) is 53.4 Å². The van der Waals surface area contributed by atoms with Gasteiger partial charge in [0.15, 0.2) is 0 Å². The predicted octanol–water partition coefficient (Wildman–Crippen LogP) is 4.90. The van der Waals surface area contributed by atoms with Crippen molar-refractivity contribution in [1.82, 2.24) is 0 Å². The molecule has 0 spiro atoms. The fourth-order valence-electron chi connectivity index (χ4n) is 2.12. The number of amides is 1. The van der Waals surface area contributed by atoms with E-state index in [0.29, 0.717) is 18.4 Å². The zero-order valence-electron chi connectivity index (χ0n) is 17.4. The first-order chi connectivity index (χ1) is 15.2. The number of sulfonamides is 1. The molecule has 15 heteroatoms. The second kappa shape index (κ2) is 19.6. The average Bonchev–Trinajstić information content (AvgIpc) is 2.80. The number of hydrogen-bond donors (Lipinski definition) is 3. The molecule has 2 aromatic rings. The van der Waals surface area contributed by atoms with E-state index in [1.54, 1.807) is 37.3 Å². The third-order valence-corrected chi connectivity index (χ3v) is 4.89. The number of hydrogen-bond acceptors (Lipinski definition) is 4. The largest absolute Gasteiger partial charge is 0.666 e. The third-order valence-electron chi connectivity index (χ3n) is 3.50. The van der Waals surface area contributed by atoms with E-state index in [1.165, 1.54) is 18.2 Å². The van der Waals surface area contributed by atoms with Gasteiger partial charge in [-0.15, -0.1) is 0 Å². The number of aliphatic carboxylic acids is 1. The van der Waals surface area contributed by atoms with Gasteiger partial charge in [0.25, 0.3) is 10.0 Å². The molecule has 183 valence electrons. The van der Waals surface area contributed by atoms with Crippen molar-refractivity contribution in [3.05, 3.63) is 59.8 Å². The van der Waals surface area contributed by atoms with E-state index in [2.05, 4.69) is 10.0 Å². The van der Waals surface area contributed by atoms with Crippen molar-refractivity contribution in [1.29, 1.82) is 0 Å². The summed E-state index contributed by atoms with van der Waals surface area (Å²) in [6.07, 6.45) is -0.620. The molecular weight excluding hydrogens is 692 g/mol. The second-order valence-electron chi connectivity index (χ2n) is 5.59. The maximum Gasteiger partial charge on any atom is 0.302 e. The van der Waals surface area contributed by atoms with Gasteiger partial charge in [0.05, 0.1) is 17.8 Å². The summed E-state index contributed by atoms with van der Waals surface area (Å²) in [5.74, 6) is -2.03. The van der Waals surface area contributed by atoms with Gasteiger partial charge in [-0.3, -0.25) is 18.7 Å². The Morgan fingerprint density at radius 3 is 2.03 bits per heavy atom. The van der Waals surface area contributed by atoms with Gasteiger partial charge in [-0.25, -0.2) is 8.42 Å². The van der Waals surface area contributed by atoms with Crippen molar-refractivity contribution < 1.29 is 89.9 Å². The molecular formula is C18H21AcF5N3O5S-. The number of aryl methyl sites for hydroxylation is 1. The second-order valence-corrected chi connectivity index (χ2v) is 7.27. The van der Waals surface area contributed by atoms with Crippen molar-refractivity contribution >= 4 is 33.3 Å². The molecule has 0 aromatic heterocycles.